The number of amides is 1. The molecule has 0 bridgehead atoms. The van der Waals surface area contributed by atoms with Crippen LogP contribution < -0.4 is 15.2 Å². The van der Waals surface area contributed by atoms with Crippen molar-refractivity contribution in [3.05, 3.63) is 57.6 Å². The Labute approximate surface area is 142 Å². The summed E-state index contributed by atoms with van der Waals surface area (Å²) in [4.78, 5) is 22.9. The molecule has 2 rings (SSSR count). The van der Waals surface area contributed by atoms with Crippen LogP contribution in [0.3, 0.4) is 0 Å². The smallest absolute Gasteiger partial charge is 0.255 e. The summed E-state index contributed by atoms with van der Waals surface area (Å²) in [5.41, 5.74) is 0.712. The number of anilines is 1. The number of hydrogen-bond acceptors (Lipinski definition) is 4. The molecule has 23 heavy (non-hydrogen) atoms. The minimum absolute atomic E-state index is 0.0233. The van der Waals surface area contributed by atoms with Crippen LogP contribution in [0.4, 0.5) is 5.69 Å². The highest BCUT2D eigenvalue weighted by atomic mass is 35.5. The molecule has 5 nitrogen and oxygen atoms in total. The van der Waals surface area contributed by atoms with Gasteiger partial charge in [-0.15, -0.1) is 0 Å². The van der Waals surface area contributed by atoms with Crippen LogP contribution in [0.15, 0.2) is 36.4 Å². The summed E-state index contributed by atoms with van der Waals surface area (Å²) in [7, 11) is 0. The fourth-order valence-corrected chi connectivity index (χ4v) is 2.46. The van der Waals surface area contributed by atoms with E-state index in [1.165, 1.54) is 36.4 Å². The number of carbonyl (C=O) groups is 2. The van der Waals surface area contributed by atoms with Gasteiger partial charge in [-0.1, -0.05) is 35.3 Å². The molecule has 0 spiro atoms. The molecule has 1 amide bonds. The van der Waals surface area contributed by atoms with Gasteiger partial charge in [-0.3, -0.25) is 4.79 Å². The number of carboxylic acid groups (broad SMARTS) is 1. The molecule has 2 aromatic rings. The molecular weight excluding hydrogens is 341 g/mol. The van der Waals surface area contributed by atoms with Gasteiger partial charge in [0.15, 0.2) is 5.75 Å². The molecule has 0 saturated carbocycles. The highest BCUT2D eigenvalue weighted by molar-refractivity contribution is 6.37. The van der Waals surface area contributed by atoms with E-state index in [1.54, 1.807) is 6.92 Å². The summed E-state index contributed by atoms with van der Waals surface area (Å²) in [6.07, 6.45) is 0. The van der Waals surface area contributed by atoms with E-state index >= 15 is 0 Å². The number of carbonyl (C=O) groups excluding carboxylic acids is 2. The van der Waals surface area contributed by atoms with Gasteiger partial charge >= 0.3 is 0 Å². The molecule has 0 radical (unpaired) electrons. The fourth-order valence-electron chi connectivity index (χ4n) is 1.87. The molecule has 0 aromatic heterocycles. The Hall–Kier alpha value is -2.24. The Morgan fingerprint density at radius 1 is 1.09 bits per heavy atom. The summed E-state index contributed by atoms with van der Waals surface area (Å²) >= 11 is 12.1. The van der Waals surface area contributed by atoms with Crippen LogP contribution in [-0.2, 0) is 0 Å². The van der Waals surface area contributed by atoms with Crippen molar-refractivity contribution >= 4 is 40.8 Å². The lowest BCUT2D eigenvalue weighted by Crippen LogP contribution is -2.22. The number of ether oxygens (including phenoxy) is 1. The van der Waals surface area contributed by atoms with E-state index < -0.39 is 11.9 Å². The van der Waals surface area contributed by atoms with Crippen molar-refractivity contribution in [3.63, 3.8) is 0 Å². The maximum Gasteiger partial charge on any atom is 0.255 e. The second-order valence-electron chi connectivity index (χ2n) is 4.52. The lowest BCUT2D eigenvalue weighted by Gasteiger charge is -2.11. The van der Waals surface area contributed by atoms with Crippen molar-refractivity contribution in [2.45, 2.75) is 6.92 Å². The minimum atomic E-state index is -1.28. The molecule has 0 heterocycles. The van der Waals surface area contributed by atoms with E-state index in [0.717, 1.165) is 0 Å². The Bertz CT molecular complexity index is 721. The zero-order chi connectivity index (χ0) is 17.0. The lowest BCUT2D eigenvalue weighted by atomic mass is 10.1. The fraction of sp³-hybridized carbons (Fsp3) is 0.125. The quantitative estimate of drug-likeness (QED) is 0.896. The first kappa shape index (κ1) is 17.1. The number of hydrogen-bond donors (Lipinski definition) is 1. The third-order valence-corrected chi connectivity index (χ3v) is 3.49. The van der Waals surface area contributed by atoms with Crippen LogP contribution in [0.5, 0.6) is 5.75 Å². The molecule has 0 fully saturated rings. The van der Waals surface area contributed by atoms with Gasteiger partial charge in [0.25, 0.3) is 5.91 Å². The van der Waals surface area contributed by atoms with Gasteiger partial charge in [-0.05, 0) is 36.8 Å². The Kier molecular flexibility index (Phi) is 5.47. The number of rotatable bonds is 5. The van der Waals surface area contributed by atoms with Crippen LogP contribution in [0.25, 0.3) is 0 Å². The van der Waals surface area contributed by atoms with E-state index in [9.17, 15) is 14.7 Å². The third kappa shape index (κ3) is 4.15. The van der Waals surface area contributed by atoms with Crippen LogP contribution in [0.1, 0.15) is 27.6 Å². The topological polar surface area (TPSA) is 78.5 Å². The predicted molar refractivity (Wildman–Crippen MR) is 86.4 cm³/mol. The molecule has 1 N–H and O–H groups in total. The first-order valence-electron chi connectivity index (χ1n) is 6.67. The lowest BCUT2D eigenvalue weighted by molar-refractivity contribution is -0.255. The summed E-state index contributed by atoms with van der Waals surface area (Å²) < 4.78 is 5.30. The van der Waals surface area contributed by atoms with Crippen molar-refractivity contribution in [3.8, 4) is 5.75 Å². The van der Waals surface area contributed by atoms with Gasteiger partial charge in [0, 0.05) is 11.3 Å². The van der Waals surface area contributed by atoms with Crippen molar-refractivity contribution in [1.82, 2.24) is 0 Å². The number of carboxylic acids is 1. The summed E-state index contributed by atoms with van der Waals surface area (Å²) in [6.45, 7) is 2.19. The van der Waals surface area contributed by atoms with Crippen LogP contribution in [0, 0.1) is 0 Å². The highest BCUT2D eigenvalue weighted by Crippen LogP contribution is 2.34. The molecule has 0 unspecified atom stereocenters. The average Bonchev–Trinajstić information content (AvgIpc) is 2.51. The van der Waals surface area contributed by atoms with Gasteiger partial charge < -0.3 is 20.0 Å². The summed E-state index contributed by atoms with van der Waals surface area (Å²) in [5.74, 6) is -1.39. The van der Waals surface area contributed by atoms with E-state index in [-0.39, 0.29) is 21.2 Å². The zero-order valence-electron chi connectivity index (χ0n) is 12.1. The zero-order valence-corrected chi connectivity index (χ0v) is 13.6. The van der Waals surface area contributed by atoms with Crippen LogP contribution >= 0.6 is 23.2 Å². The minimum Gasteiger partial charge on any atom is -0.545 e. The van der Waals surface area contributed by atoms with E-state index in [2.05, 4.69) is 5.32 Å². The summed E-state index contributed by atoms with van der Waals surface area (Å²) in [5, 5.41) is 13.8. The monoisotopic (exact) mass is 352 g/mol. The predicted octanol–water partition coefficient (Wildman–Crippen LogP) is 3.01. The van der Waals surface area contributed by atoms with Gasteiger partial charge in [-0.25, -0.2) is 0 Å². The summed E-state index contributed by atoms with van der Waals surface area (Å²) in [6, 6.07) is 8.49. The van der Waals surface area contributed by atoms with Gasteiger partial charge in [0.1, 0.15) is 0 Å². The molecule has 0 saturated heterocycles. The first-order chi connectivity index (χ1) is 10.9. The van der Waals surface area contributed by atoms with E-state index in [0.29, 0.717) is 18.0 Å². The Balaban J connectivity index is 2.19. The number of aromatic carboxylic acids is 1. The van der Waals surface area contributed by atoms with Crippen molar-refractivity contribution in [1.29, 1.82) is 0 Å². The number of halogens is 2. The second kappa shape index (κ2) is 7.35. The molecule has 0 aliphatic heterocycles. The van der Waals surface area contributed by atoms with E-state index in [4.69, 9.17) is 27.9 Å². The maximum absolute atomic E-state index is 12.2. The molecule has 7 heteroatoms. The van der Waals surface area contributed by atoms with Gasteiger partial charge in [0.05, 0.1) is 22.6 Å². The molecule has 0 aliphatic rings. The molecule has 0 aliphatic carbocycles. The van der Waals surface area contributed by atoms with Gasteiger partial charge in [0.2, 0.25) is 0 Å². The average molecular weight is 353 g/mol. The van der Waals surface area contributed by atoms with Crippen LogP contribution in [0.2, 0.25) is 10.0 Å². The number of benzene rings is 2. The van der Waals surface area contributed by atoms with E-state index in [1.807, 2.05) is 0 Å². The van der Waals surface area contributed by atoms with Crippen molar-refractivity contribution < 1.29 is 19.4 Å². The normalized spacial score (nSPS) is 10.2. The van der Waals surface area contributed by atoms with Crippen molar-refractivity contribution in [2.75, 3.05) is 11.9 Å². The second-order valence-corrected chi connectivity index (χ2v) is 5.34. The third-order valence-electron chi connectivity index (χ3n) is 2.93. The Morgan fingerprint density at radius 3 is 2.13 bits per heavy atom. The first-order valence-corrected chi connectivity index (χ1v) is 7.42. The number of nitrogens with one attached hydrogen (secondary N) is 1. The maximum atomic E-state index is 12.2. The highest BCUT2D eigenvalue weighted by Gasteiger charge is 2.14. The standard InChI is InChI=1S/C16H13Cl2NO4/c1-2-23-14-12(17)7-10(8-13(14)18)15(20)19-11-5-3-9(4-6-11)16(21)22/h3-8H,2H2,1H3,(H,19,20)(H,21,22)/p-1. The Morgan fingerprint density at radius 2 is 1.65 bits per heavy atom. The van der Waals surface area contributed by atoms with Gasteiger partial charge in [-0.2, -0.15) is 0 Å². The molecule has 120 valence electrons. The molecule has 0 atom stereocenters. The van der Waals surface area contributed by atoms with Crippen LogP contribution in [-0.4, -0.2) is 18.5 Å². The molecule has 2 aromatic carbocycles. The SMILES string of the molecule is CCOc1c(Cl)cc(C(=O)Nc2ccc(C(=O)[O-])cc2)cc1Cl. The van der Waals surface area contributed by atoms with Crippen molar-refractivity contribution in [2.24, 2.45) is 0 Å². The molecular formula is C16H12Cl2NO4-. The largest absolute Gasteiger partial charge is 0.545 e.